The number of nitrogens with zero attached hydrogens (tertiary/aromatic N) is 1. The fraction of sp³-hybridized carbons (Fsp3) is 0.562. The van der Waals surface area contributed by atoms with Gasteiger partial charge in [-0.2, -0.15) is 0 Å². The van der Waals surface area contributed by atoms with Gasteiger partial charge in [-0.3, -0.25) is 9.69 Å². The van der Waals surface area contributed by atoms with E-state index in [4.69, 9.17) is 14.9 Å². The Bertz CT molecular complexity index is 408. The predicted octanol–water partition coefficient (Wildman–Crippen LogP) is 0.167. The largest absolute Gasteiger partial charge is 0.395 e. The first kappa shape index (κ1) is 18.6. The van der Waals surface area contributed by atoms with Crippen LogP contribution in [0.2, 0.25) is 0 Å². The third kappa shape index (κ3) is 7.51. The van der Waals surface area contributed by atoms with Crippen LogP contribution in [-0.2, 0) is 9.53 Å². The van der Waals surface area contributed by atoms with Crippen LogP contribution in [-0.4, -0.2) is 67.1 Å². The molecule has 0 aromatic heterocycles. The van der Waals surface area contributed by atoms with Crippen LogP contribution in [0.3, 0.4) is 0 Å². The Morgan fingerprint density at radius 3 is 2.41 bits per heavy atom. The number of aliphatic hydroxyl groups is 2. The lowest BCUT2D eigenvalue weighted by Crippen LogP contribution is -2.34. The minimum Gasteiger partial charge on any atom is -0.395 e. The smallest absolute Gasteiger partial charge is 0.246 e. The van der Waals surface area contributed by atoms with Gasteiger partial charge >= 0.3 is 0 Å². The molecule has 1 atom stereocenters. The zero-order valence-corrected chi connectivity index (χ0v) is 13.1. The second-order valence-corrected chi connectivity index (χ2v) is 5.04. The van der Waals surface area contributed by atoms with Crippen molar-refractivity contribution in [2.45, 2.75) is 13.0 Å². The maximum atomic E-state index is 11.8. The monoisotopic (exact) mass is 310 g/mol. The van der Waals surface area contributed by atoms with E-state index >= 15 is 0 Å². The van der Waals surface area contributed by atoms with Crippen molar-refractivity contribution in [1.29, 1.82) is 0 Å². The summed E-state index contributed by atoms with van der Waals surface area (Å²) in [5.41, 5.74) is 1.05. The van der Waals surface area contributed by atoms with Crippen LogP contribution in [0.1, 0.15) is 18.5 Å². The van der Waals surface area contributed by atoms with Crippen LogP contribution in [0.4, 0.5) is 0 Å². The lowest BCUT2D eigenvalue weighted by atomic mass is 10.1. The second-order valence-electron chi connectivity index (χ2n) is 5.04. The van der Waals surface area contributed by atoms with Crippen LogP contribution in [0.25, 0.3) is 0 Å². The number of hydrogen-bond acceptors (Lipinski definition) is 5. The molecule has 0 aliphatic carbocycles. The summed E-state index contributed by atoms with van der Waals surface area (Å²) in [6.45, 7) is 3.93. The van der Waals surface area contributed by atoms with E-state index in [0.29, 0.717) is 26.2 Å². The van der Waals surface area contributed by atoms with Crippen molar-refractivity contribution in [3.8, 4) is 0 Å². The van der Waals surface area contributed by atoms with Gasteiger partial charge in [-0.25, -0.2) is 0 Å². The number of ether oxygens (including phenoxy) is 1. The molecule has 1 amide bonds. The first-order chi connectivity index (χ1) is 10.7. The number of rotatable bonds is 11. The number of amides is 1. The van der Waals surface area contributed by atoms with Gasteiger partial charge in [-0.1, -0.05) is 30.3 Å². The van der Waals surface area contributed by atoms with Crippen molar-refractivity contribution in [3.63, 3.8) is 0 Å². The molecule has 1 aromatic carbocycles. The zero-order chi connectivity index (χ0) is 16.2. The third-order valence-electron chi connectivity index (χ3n) is 3.29. The summed E-state index contributed by atoms with van der Waals surface area (Å²) in [5.74, 6) is -0.160. The molecule has 0 spiro atoms. The summed E-state index contributed by atoms with van der Waals surface area (Å²) in [5, 5.41) is 20.7. The van der Waals surface area contributed by atoms with E-state index in [2.05, 4.69) is 5.32 Å². The fourth-order valence-corrected chi connectivity index (χ4v) is 2.08. The van der Waals surface area contributed by atoms with Crippen LogP contribution in [0.15, 0.2) is 30.3 Å². The molecule has 6 nitrogen and oxygen atoms in total. The summed E-state index contributed by atoms with van der Waals surface area (Å²) < 4.78 is 5.34. The summed E-state index contributed by atoms with van der Waals surface area (Å²) in [7, 11) is 0. The first-order valence-corrected chi connectivity index (χ1v) is 7.53. The van der Waals surface area contributed by atoms with E-state index in [0.717, 1.165) is 5.56 Å². The minimum absolute atomic E-state index is 0.00324. The van der Waals surface area contributed by atoms with E-state index in [-0.39, 0.29) is 31.8 Å². The molecule has 0 bridgehead atoms. The summed E-state index contributed by atoms with van der Waals surface area (Å²) in [4.78, 5) is 13.7. The topological polar surface area (TPSA) is 82.0 Å². The zero-order valence-electron chi connectivity index (χ0n) is 13.1. The van der Waals surface area contributed by atoms with Crippen LogP contribution >= 0.6 is 0 Å². The highest BCUT2D eigenvalue weighted by molar-refractivity contribution is 5.77. The van der Waals surface area contributed by atoms with Gasteiger partial charge in [0.05, 0.1) is 25.9 Å². The van der Waals surface area contributed by atoms with E-state index in [9.17, 15) is 4.79 Å². The Morgan fingerprint density at radius 2 is 1.82 bits per heavy atom. The molecule has 0 saturated heterocycles. The summed E-state index contributed by atoms with van der Waals surface area (Å²) in [6.07, 6.45) is 0. The number of benzene rings is 1. The lowest BCUT2D eigenvalue weighted by molar-refractivity contribution is -0.126. The van der Waals surface area contributed by atoms with Crippen molar-refractivity contribution in [3.05, 3.63) is 35.9 Å². The molecule has 0 aliphatic heterocycles. The molecule has 124 valence electrons. The number of aliphatic hydroxyl groups excluding tert-OH is 2. The molecule has 6 heteroatoms. The fourth-order valence-electron chi connectivity index (χ4n) is 2.08. The molecule has 1 rings (SSSR count). The highest BCUT2D eigenvalue weighted by Gasteiger charge is 2.09. The van der Waals surface area contributed by atoms with Crippen LogP contribution < -0.4 is 5.32 Å². The van der Waals surface area contributed by atoms with E-state index in [1.807, 2.05) is 42.2 Å². The average molecular weight is 310 g/mol. The average Bonchev–Trinajstić information content (AvgIpc) is 2.52. The van der Waals surface area contributed by atoms with E-state index in [1.165, 1.54) is 0 Å². The van der Waals surface area contributed by atoms with Crippen molar-refractivity contribution in [2.24, 2.45) is 0 Å². The number of carbonyl (C=O) groups is 1. The molecular weight excluding hydrogens is 284 g/mol. The van der Waals surface area contributed by atoms with E-state index in [1.54, 1.807) is 0 Å². The SMILES string of the molecule is CC(NC(=O)COCCN(CCO)CCO)c1ccccc1. The van der Waals surface area contributed by atoms with E-state index < -0.39 is 0 Å². The molecule has 0 aliphatic rings. The molecule has 0 radical (unpaired) electrons. The maximum Gasteiger partial charge on any atom is 0.246 e. The Balaban J connectivity index is 2.20. The Kier molecular flexibility index (Phi) is 9.41. The molecule has 0 heterocycles. The molecular formula is C16H26N2O4. The quantitative estimate of drug-likeness (QED) is 0.508. The van der Waals surface area contributed by atoms with Gasteiger partial charge in [0, 0.05) is 19.6 Å². The molecule has 0 fully saturated rings. The normalized spacial score (nSPS) is 12.4. The standard InChI is InChI=1S/C16H26N2O4/c1-14(15-5-3-2-4-6-15)17-16(21)13-22-12-9-18(7-10-19)8-11-20/h2-6,14,19-20H,7-13H2,1H3,(H,17,21). The summed E-state index contributed by atoms with van der Waals surface area (Å²) >= 11 is 0. The van der Waals surface area contributed by atoms with Gasteiger partial charge in [0.25, 0.3) is 0 Å². The van der Waals surface area contributed by atoms with Gasteiger partial charge in [0.2, 0.25) is 5.91 Å². The van der Waals surface area contributed by atoms with Crippen LogP contribution in [0.5, 0.6) is 0 Å². The third-order valence-corrected chi connectivity index (χ3v) is 3.29. The molecule has 3 N–H and O–H groups in total. The Morgan fingerprint density at radius 1 is 1.18 bits per heavy atom. The van der Waals surface area contributed by atoms with Gasteiger partial charge < -0.3 is 20.3 Å². The molecule has 1 unspecified atom stereocenters. The Labute approximate surface area is 131 Å². The molecule has 1 aromatic rings. The van der Waals surface area contributed by atoms with Gasteiger partial charge in [-0.05, 0) is 12.5 Å². The minimum atomic E-state index is -0.160. The first-order valence-electron chi connectivity index (χ1n) is 7.53. The number of hydrogen-bond donors (Lipinski definition) is 3. The van der Waals surface area contributed by atoms with Crippen molar-refractivity contribution in [2.75, 3.05) is 46.1 Å². The molecule has 0 saturated carbocycles. The van der Waals surface area contributed by atoms with Crippen molar-refractivity contribution >= 4 is 5.91 Å². The van der Waals surface area contributed by atoms with Crippen LogP contribution in [0, 0.1) is 0 Å². The van der Waals surface area contributed by atoms with Crippen molar-refractivity contribution in [1.82, 2.24) is 10.2 Å². The van der Waals surface area contributed by atoms with Gasteiger partial charge in [0.1, 0.15) is 6.61 Å². The highest BCUT2D eigenvalue weighted by atomic mass is 16.5. The number of nitrogens with one attached hydrogen (secondary N) is 1. The summed E-state index contributed by atoms with van der Waals surface area (Å²) in [6, 6.07) is 9.68. The number of carbonyl (C=O) groups excluding carboxylic acids is 1. The Hall–Kier alpha value is -1.47. The maximum absolute atomic E-state index is 11.8. The lowest BCUT2D eigenvalue weighted by Gasteiger charge is -2.20. The van der Waals surface area contributed by atoms with Crippen molar-refractivity contribution < 1.29 is 19.7 Å². The van der Waals surface area contributed by atoms with Gasteiger partial charge in [0.15, 0.2) is 0 Å². The van der Waals surface area contributed by atoms with Gasteiger partial charge in [-0.15, -0.1) is 0 Å². The highest BCUT2D eigenvalue weighted by Crippen LogP contribution is 2.10. The second kappa shape index (κ2) is 11.1. The predicted molar refractivity (Wildman–Crippen MR) is 84.4 cm³/mol. The molecule has 22 heavy (non-hydrogen) atoms.